The van der Waals surface area contributed by atoms with Gasteiger partial charge in [-0.25, -0.2) is 9.18 Å². The molecule has 0 radical (unpaired) electrons. The minimum atomic E-state index is -4.96. The molecule has 0 fully saturated rings. The summed E-state index contributed by atoms with van der Waals surface area (Å²) in [6, 6.07) is 5.46. The second-order valence-electron chi connectivity index (χ2n) is 4.30. The Hall–Kier alpha value is -2.77. The van der Waals surface area contributed by atoms with Crippen molar-refractivity contribution in [2.24, 2.45) is 0 Å². The van der Waals surface area contributed by atoms with E-state index in [9.17, 15) is 27.5 Å². The van der Waals surface area contributed by atoms with E-state index in [4.69, 9.17) is 5.11 Å². The fraction of sp³-hybridized carbons (Fsp3) is 0.0714. The molecular weight excluding hydrogens is 308 g/mol. The van der Waals surface area contributed by atoms with Gasteiger partial charge < -0.3 is 14.9 Å². The number of ether oxygens (including phenoxy) is 1. The van der Waals surface area contributed by atoms with E-state index >= 15 is 0 Å². The highest BCUT2D eigenvalue weighted by molar-refractivity contribution is 5.89. The number of benzene rings is 2. The van der Waals surface area contributed by atoms with Crippen LogP contribution in [0.15, 0.2) is 36.4 Å². The maximum Gasteiger partial charge on any atom is 0.573 e. The fourth-order valence-corrected chi connectivity index (χ4v) is 1.82. The van der Waals surface area contributed by atoms with E-state index in [1.807, 2.05) is 0 Å². The SMILES string of the molecule is O=C(O)c1cc(F)cc(-c2cc(O)cc(OC(F)(F)F)c2)c1. The molecule has 2 aromatic carbocycles. The first-order valence-electron chi connectivity index (χ1n) is 5.78. The fourth-order valence-electron chi connectivity index (χ4n) is 1.82. The number of halogens is 4. The van der Waals surface area contributed by atoms with Crippen LogP contribution in [0.4, 0.5) is 17.6 Å². The van der Waals surface area contributed by atoms with Gasteiger partial charge in [-0.15, -0.1) is 13.2 Å². The van der Waals surface area contributed by atoms with Crippen molar-refractivity contribution in [2.45, 2.75) is 6.36 Å². The zero-order valence-electron chi connectivity index (χ0n) is 10.7. The van der Waals surface area contributed by atoms with Crippen LogP contribution in [0.3, 0.4) is 0 Å². The highest BCUT2D eigenvalue weighted by Crippen LogP contribution is 2.33. The maximum atomic E-state index is 13.4. The largest absolute Gasteiger partial charge is 0.573 e. The van der Waals surface area contributed by atoms with Crippen LogP contribution in [0.2, 0.25) is 0 Å². The summed E-state index contributed by atoms with van der Waals surface area (Å²) in [6.07, 6.45) is -4.96. The molecule has 0 bridgehead atoms. The van der Waals surface area contributed by atoms with Gasteiger partial charge in [-0.1, -0.05) is 0 Å². The topological polar surface area (TPSA) is 66.8 Å². The van der Waals surface area contributed by atoms with Gasteiger partial charge in [-0.05, 0) is 41.5 Å². The Morgan fingerprint density at radius 2 is 1.64 bits per heavy atom. The third-order valence-electron chi connectivity index (χ3n) is 2.60. The van der Waals surface area contributed by atoms with Crippen LogP contribution in [0.5, 0.6) is 11.5 Å². The highest BCUT2D eigenvalue weighted by atomic mass is 19.4. The number of phenols is 1. The van der Waals surface area contributed by atoms with Gasteiger partial charge in [-0.3, -0.25) is 0 Å². The summed E-state index contributed by atoms with van der Waals surface area (Å²) in [4.78, 5) is 10.9. The normalized spacial score (nSPS) is 11.3. The lowest BCUT2D eigenvalue weighted by Gasteiger charge is -2.11. The summed E-state index contributed by atoms with van der Waals surface area (Å²) in [5.41, 5.74) is -0.418. The molecule has 0 saturated heterocycles. The standard InChI is InChI=1S/C14H8F4O4/c15-10-2-7(1-9(3-10)13(20)21)8-4-11(19)6-12(5-8)22-14(16,17)18/h1-6,19H,(H,20,21). The molecule has 2 aromatic rings. The van der Waals surface area contributed by atoms with Crippen molar-refractivity contribution < 1.29 is 37.3 Å². The number of alkyl halides is 3. The van der Waals surface area contributed by atoms with Crippen LogP contribution < -0.4 is 4.74 Å². The minimum Gasteiger partial charge on any atom is -0.508 e. The van der Waals surface area contributed by atoms with E-state index in [2.05, 4.69) is 4.74 Å². The third kappa shape index (κ3) is 3.87. The highest BCUT2D eigenvalue weighted by Gasteiger charge is 2.31. The van der Waals surface area contributed by atoms with E-state index in [1.165, 1.54) is 0 Å². The summed E-state index contributed by atoms with van der Waals surface area (Å²) in [7, 11) is 0. The van der Waals surface area contributed by atoms with Crippen LogP contribution in [0, 0.1) is 5.82 Å². The molecule has 0 amide bonds. The summed E-state index contributed by atoms with van der Waals surface area (Å²) in [6.45, 7) is 0. The zero-order chi connectivity index (χ0) is 16.5. The lowest BCUT2D eigenvalue weighted by atomic mass is 10.0. The number of aromatic carboxylic acids is 1. The third-order valence-corrected chi connectivity index (χ3v) is 2.60. The van der Waals surface area contributed by atoms with Crippen molar-refractivity contribution >= 4 is 5.97 Å². The smallest absolute Gasteiger partial charge is 0.508 e. The Bertz CT molecular complexity index is 725. The number of carboxylic acid groups (broad SMARTS) is 1. The van der Waals surface area contributed by atoms with Crippen molar-refractivity contribution in [2.75, 3.05) is 0 Å². The average molecular weight is 316 g/mol. The molecular formula is C14H8F4O4. The summed E-state index contributed by atoms with van der Waals surface area (Å²) in [5, 5.41) is 18.3. The molecule has 0 unspecified atom stereocenters. The second-order valence-corrected chi connectivity index (χ2v) is 4.30. The quantitative estimate of drug-likeness (QED) is 0.845. The van der Waals surface area contributed by atoms with Gasteiger partial charge in [0, 0.05) is 6.07 Å². The van der Waals surface area contributed by atoms with Crippen LogP contribution in [-0.2, 0) is 0 Å². The molecule has 2 rings (SSSR count). The summed E-state index contributed by atoms with van der Waals surface area (Å²) >= 11 is 0. The van der Waals surface area contributed by atoms with Crippen molar-refractivity contribution in [3.63, 3.8) is 0 Å². The van der Waals surface area contributed by atoms with Crippen molar-refractivity contribution in [3.05, 3.63) is 47.8 Å². The van der Waals surface area contributed by atoms with Crippen LogP contribution in [0.25, 0.3) is 11.1 Å². The van der Waals surface area contributed by atoms with Gasteiger partial charge in [-0.2, -0.15) is 0 Å². The van der Waals surface area contributed by atoms with E-state index in [-0.39, 0.29) is 16.7 Å². The summed E-state index contributed by atoms with van der Waals surface area (Å²) < 4.78 is 53.7. The molecule has 0 heterocycles. The van der Waals surface area contributed by atoms with Gasteiger partial charge in [0.05, 0.1) is 5.56 Å². The molecule has 0 aromatic heterocycles. The lowest BCUT2D eigenvalue weighted by Crippen LogP contribution is -2.17. The molecule has 116 valence electrons. The van der Waals surface area contributed by atoms with Crippen molar-refractivity contribution in [1.29, 1.82) is 0 Å². The Labute approximate surface area is 121 Å². The van der Waals surface area contributed by atoms with Gasteiger partial charge in [0.2, 0.25) is 0 Å². The number of hydrogen-bond donors (Lipinski definition) is 2. The molecule has 0 spiro atoms. The first-order valence-corrected chi connectivity index (χ1v) is 5.78. The Morgan fingerprint density at radius 1 is 1.00 bits per heavy atom. The summed E-state index contributed by atoms with van der Waals surface area (Å²) in [5.74, 6) is -3.52. The van der Waals surface area contributed by atoms with Crippen molar-refractivity contribution in [3.8, 4) is 22.6 Å². The molecule has 2 N–H and O–H groups in total. The monoisotopic (exact) mass is 316 g/mol. The average Bonchev–Trinajstić information content (AvgIpc) is 2.35. The first-order chi connectivity index (χ1) is 10.1. The van der Waals surface area contributed by atoms with Gasteiger partial charge in [0.1, 0.15) is 17.3 Å². The van der Waals surface area contributed by atoms with E-state index in [1.54, 1.807) is 0 Å². The molecule has 0 aliphatic carbocycles. The maximum absolute atomic E-state index is 13.4. The molecule has 8 heteroatoms. The second kappa shape index (κ2) is 5.55. The van der Waals surface area contributed by atoms with Gasteiger partial charge in [0.25, 0.3) is 0 Å². The van der Waals surface area contributed by atoms with Crippen LogP contribution in [0.1, 0.15) is 10.4 Å². The number of aromatic hydroxyl groups is 1. The zero-order valence-corrected chi connectivity index (χ0v) is 10.7. The minimum absolute atomic E-state index is 0.0136. The molecule has 0 atom stereocenters. The predicted octanol–water partition coefficient (Wildman–Crippen LogP) is 3.80. The van der Waals surface area contributed by atoms with Crippen molar-refractivity contribution in [1.82, 2.24) is 0 Å². The van der Waals surface area contributed by atoms with Crippen LogP contribution in [-0.4, -0.2) is 22.5 Å². The number of carboxylic acids is 1. The van der Waals surface area contributed by atoms with Gasteiger partial charge in [0.15, 0.2) is 0 Å². The predicted molar refractivity (Wildman–Crippen MR) is 67.1 cm³/mol. The van der Waals surface area contributed by atoms with E-state index in [0.29, 0.717) is 0 Å². The molecule has 0 aliphatic rings. The number of hydrogen-bond acceptors (Lipinski definition) is 3. The van der Waals surface area contributed by atoms with E-state index in [0.717, 1.165) is 36.4 Å². The van der Waals surface area contributed by atoms with E-state index < -0.39 is 29.6 Å². The Morgan fingerprint density at radius 3 is 2.23 bits per heavy atom. The number of rotatable bonds is 3. The lowest BCUT2D eigenvalue weighted by molar-refractivity contribution is -0.274. The number of carbonyl (C=O) groups is 1. The molecule has 4 nitrogen and oxygen atoms in total. The van der Waals surface area contributed by atoms with Crippen LogP contribution >= 0.6 is 0 Å². The number of phenolic OH excluding ortho intramolecular Hbond substituents is 1. The Kier molecular flexibility index (Phi) is 3.94. The first kappa shape index (κ1) is 15.6. The molecule has 0 aliphatic heterocycles. The molecule has 0 saturated carbocycles. The Balaban J connectivity index is 2.51. The molecule has 22 heavy (non-hydrogen) atoms. The van der Waals surface area contributed by atoms with Gasteiger partial charge >= 0.3 is 12.3 Å².